The lowest BCUT2D eigenvalue weighted by molar-refractivity contribution is 0.0773. The monoisotopic (exact) mass is 359 g/mol. The highest BCUT2D eigenvalue weighted by atomic mass is 35.5. The minimum absolute atomic E-state index is 0.0675. The molecule has 2 aliphatic heterocycles. The topological polar surface area (TPSA) is 53.4 Å². The van der Waals surface area contributed by atoms with Gasteiger partial charge < -0.3 is 10.2 Å². The number of hydrogen-bond acceptors (Lipinski definition) is 4. The summed E-state index contributed by atoms with van der Waals surface area (Å²) in [6, 6.07) is 7.90. The van der Waals surface area contributed by atoms with Crippen LogP contribution in [0.15, 0.2) is 36.7 Å². The van der Waals surface area contributed by atoms with Crippen LogP contribution in [0.25, 0.3) is 5.69 Å². The van der Waals surface area contributed by atoms with E-state index in [9.17, 15) is 4.79 Å². The number of nitrogens with zero attached hydrogens (tertiary/aromatic N) is 4. The van der Waals surface area contributed by atoms with Crippen molar-refractivity contribution in [1.82, 2.24) is 24.9 Å². The van der Waals surface area contributed by atoms with E-state index >= 15 is 0 Å². The molecule has 1 unspecified atom stereocenters. The lowest BCUT2D eigenvalue weighted by atomic mass is 10.2. The molecule has 0 bridgehead atoms. The van der Waals surface area contributed by atoms with E-state index in [0.717, 1.165) is 51.4 Å². The first kappa shape index (κ1) is 16.6. The van der Waals surface area contributed by atoms with Gasteiger partial charge in [-0.2, -0.15) is 5.10 Å². The Balaban J connectivity index is 1.42. The van der Waals surface area contributed by atoms with Gasteiger partial charge in [-0.3, -0.25) is 9.69 Å². The number of hydrogen-bond donors (Lipinski definition) is 1. The van der Waals surface area contributed by atoms with Crippen LogP contribution < -0.4 is 5.32 Å². The average molecular weight is 360 g/mol. The molecule has 25 heavy (non-hydrogen) atoms. The second-order valence-corrected chi connectivity index (χ2v) is 7.07. The maximum absolute atomic E-state index is 12.8. The minimum atomic E-state index is 0.0675. The molecule has 1 atom stereocenters. The van der Waals surface area contributed by atoms with Crippen LogP contribution in [0.5, 0.6) is 0 Å². The van der Waals surface area contributed by atoms with Gasteiger partial charge in [0.05, 0.1) is 17.4 Å². The molecular formula is C18H22ClN5O. The number of rotatable bonds is 3. The van der Waals surface area contributed by atoms with Crippen molar-refractivity contribution in [1.29, 1.82) is 0 Å². The van der Waals surface area contributed by atoms with Gasteiger partial charge in [0.25, 0.3) is 5.91 Å². The van der Waals surface area contributed by atoms with Crippen LogP contribution in [0.2, 0.25) is 5.02 Å². The Morgan fingerprint density at radius 3 is 2.68 bits per heavy atom. The van der Waals surface area contributed by atoms with E-state index in [-0.39, 0.29) is 5.91 Å². The van der Waals surface area contributed by atoms with Crippen molar-refractivity contribution in [3.63, 3.8) is 0 Å². The molecule has 2 fully saturated rings. The average Bonchev–Trinajstić information content (AvgIpc) is 3.33. The summed E-state index contributed by atoms with van der Waals surface area (Å²) in [6.07, 6.45) is 4.50. The van der Waals surface area contributed by atoms with E-state index in [0.29, 0.717) is 16.6 Å². The quantitative estimate of drug-likeness (QED) is 0.905. The van der Waals surface area contributed by atoms with Crippen molar-refractivity contribution in [3.8, 4) is 5.69 Å². The fourth-order valence-electron chi connectivity index (χ4n) is 3.62. The summed E-state index contributed by atoms with van der Waals surface area (Å²) in [7, 11) is 0. The smallest absolute Gasteiger partial charge is 0.257 e. The first-order chi connectivity index (χ1) is 12.2. The Hall–Kier alpha value is -1.89. The molecule has 1 amide bonds. The van der Waals surface area contributed by atoms with Gasteiger partial charge in [-0.25, -0.2) is 4.68 Å². The molecule has 4 rings (SSSR count). The molecule has 0 saturated carbocycles. The predicted octanol–water partition coefficient (Wildman–Crippen LogP) is 1.65. The number of piperazine rings is 1. The van der Waals surface area contributed by atoms with Crippen LogP contribution in [0.1, 0.15) is 16.8 Å². The Kier molecular flexibility index (Phi) is 4.74. The molecule has 0 spiro atoms. The molecule has 0 radical (unpaired) electrons. The van der Waals surface area contributed by atoms with Crippen molar-refractivity contribution in [3.05, 3.63) is 47.2 Å². The highest BCUT2D eigenvalue weighted by Crippen LogP contribution is 2.19. The summed E-state index contributed by atoms with van der Waals surface area (Å²) in [6.45, 7) is 5.85. The van der Waals surface area contributed by atoms with Gasteiger partial charge in [-0.15, -0.1) is 0 Å². The molecule has 0 aliphatic carbocycles. The summed E-state index contributed by atoms with van der Waals surface area (Å²) in [5, 5.41) is 8.39. The summed E-state index contributed by atoms with van der Waals surface area (Å²) in [4.78, 5) is 17.2. The summed E-state index contributed by atoms with van der Waals surface area (Å²) in [5.41, 5.74) is 1.53. The third-order valence-electron chi connectivity index (χ3n) is 5.04. The highest BCUT2D eigenvalue weighted by Gasteiger charge is 2.31. The molecule has 6 nitrogen and oxygen atoms in total. The first-order valence-corrected chi connectivity index (χ1v) is 9.13. The zero-order valence-electron chi connectivity index (χ0n) is 14.1. The zero-order valence-corrected chi connectivity index (χ0v) is 14.8. The first-order valence-electron chi connectivity index (χ1n) is 8.75. The number of carbonyl (C=O) groups excluding carboxylic acids is 1. The van der Waals surface area contributed by atoms with Crippen molar-refractivity contribution in [2.24, 2.45) is 0 Å². The normalized spacial score (nSPS) is 21.6. The second kappa shape index (κ2) is 7.15. The van der Waals surface area contributed by atoms with E-state index in [1.54, 1.807) is 17.1 Å². The van der Waals surface area contributed by atoms with Gasteiger partial charge in [0.2, 0.25) is 0 Å². The molecule has 7 heteroatoms. The largest absolute Gasteiger partial charge is 0.337 e. The Morgan fingerprint density at radius 2 is 1.92 bits per heavy atom. The lowest BCUT2D eigenvalue weighted by Crippen LogP contribution is -2.49. The van der Waals surface area contributed by atoms with Crippen LogP contribution >= 0.6 is 11.6 Å². The van der Waals surface area contributed by atoms with Gasteiger partial charge in [0.15, 0.2) is 0 Å². The van der Waals surface area contributed by atoms with Crippen LogP contribution in [0.4, 0.5) is 0 Å². The second-order valence-electron chi connectivity index (χ2n) is 6.63. The Bertz CT molecular complexity index is 738. The van der Waals surface area contributed by atoms with Crippen LogP contribution in [-0.4, -0.2) is 70.8 Å². The van der Waals surface area contributed by atoms with Gasteiger partial charge in [0.1, 0.15) is 0 Å². The Morgan fingerprint density at radius 1 is 1.16 bits per heavy atom. The third kappa shape index (κ3) is 3.56. The summed E-state index contributed by atoms with van der Waals surface area (Å²) >= 11 is 5.92. The van der Waals surface area contributed by atoms with E-state index < -0.39 is 0 Å². The molecule has 1 aromatic heterocycles. The van der Waals surface area contributed by atoms with Crippen LogP contribution in [0, 0.1) is 0 Å². The molecule has 1 N–H and O–H groups in total. The molecule has 3 heterocycles. The highest BCUT2D eigenvalue weighted by molar-refractivity contribution is 6.30. The van der Waals surface area contributed by atoms with Crippen LogP contribution in [-0.2, 0) is 0 Å². The van der Waals surface area contributed by atoms with E-state index in [4.69, 9.17) is 11.6 Å². The summed E-state index contributed by atoms with van der Waals surface area (Å²) < 4.78 is 1.72. The Labute approximate surface area is 152 Å². The van der Waals surface area contributed by atoms with Gasteiger partial charge in [0, 0.05) is 56.5 Å². The predicted molar refractivity (Wildman–Crippen MR) is 97.3 cm³/mol. The van der Waals surface area contributed by atoms with E-state index in [1.165, 1.54) is 0 Å². The lowest BCUT2D eigenvalue weighted by Gasteiger charge is -2.32. The van der Waals surface area contributed by atoms with Crippen molar-refractivity contribution < 1.29 is 4.79 Å². The number of carbonyl (C=O) groups is 1. The fraction of sp³-hybridized carbons (Fsp3) is 0.444. The fourth-order valence-corrected chi connectivity index (χ4v) is 3.75. The number of aromatic nitrogens is 2. The van der Waals surface area contributed by atoms with Gasteiger partial charge in [-0.05, 0) is 30.7 Å². The SMILES string of the molecule is O=C(c1cnn(-c2ccc(Cl)cc2)c1)N1CCC(N2CCNCC2)C1. The zero-order chi connectivity index (χ0) is 17.2. The minimum Gasteiger partial charge on any atom is -0.337 e. The molecule has 132 valence electrons. The van der Waals surface area contributed by atoms with Crippen molar-refractivity contribution in [2.45, 2.75) is 12.5 Å². The molecule has 2 aromatic rings. The summed E-state index contributed by atoms with van der Waals surface area (Å²) in [5.74, 6) is 0.0675. The number of likely N-dealkylation sites (tertiary alicyclic amines) is 1. The number of halogens is 1. The number of benzene rings is 1. The number of amides is 1. The molecule has 1 aromatic carbocycles. The molecule has 2 saturated heterocycles. The van der Waals surface area contributed by atoms with Crippen molar-refractivity contribution in [2.75, 3.05) is 39.3 Å². The maximum atomic E-state index is 12.8. The standard InChI is InChI=1S/C18H22ClN5O/c19-15-1-3-16(4-2-15)24-12-14(11-21-24)18(25)23-8-5-17(13-23)22-9-6-20-7-10-22/h1-4,11-12,17,20H,5-10,13H2. The van der Waals surface area contributed by atoms with E-state index in [2.05, 4.69) is 15.3 Å². The van der Waals surface area contributed by atoms with Crippen molar-refractivity contribution >= 4 is 17.5 Å². The third-order valence-corrected chi connectivity index (χ3v) is 5.29. The number of nitrogens with one attached hydrogen (secondary N) is 1. The van der Waals surface area contributed by atoms with Gasteiger partial charge in [-0.1, -0.05) is 11.6 Å². The molecular weight excluding hydrogens is 338 g/mol. The van der Waals surface area contributed by atoms with E-state index in [1.807, 2.05) is 29.2 Å². The van der Waals surface area contributed by atoms with Gasteiger partial charge >= 0.3 is 0 Å². The maximum Gasteiger partial charge on any atom is 0.257 e. The van der Waals surface area contributed by atoms with Crippen LogP contribution in [0.3, 0.4) is 0 Å². The molecule has 2 aliphatic rings.